The number of anilines is 1. The maximum atomic E-state index is 13.1. The van der Waals surface area contributed by atoms with E-state index in [1.54, 1.807) is 72.8 Å². The molecule has 1 heterocycles. The van der Waals surface area contributed by atoms with Gasteiger partial charge in [0.2, 0.25) is 0 Å². The highest BCUT2D eigenvalue weighted by atomic mass is 16.6. The summed E-state index contributed by atoms with van der Waals surface area (Å²) in [7, 11) is 0. The highest BCUT2D eigenvalue weighted by Crippen LogP contribution is 2.35. The molecule has 8 nitrogen and oxygen atoms in total. The van der Waals surface area contributed by atoms with Crippen LogP contribution in [0.2, 0.25) is 0 Å². The van der Waals surface area contributed by atoms with Gasteiger partial charge in [0.05, 0.1) is 16.1 Å². The number of carbonyl (C=O) groups is 2. The molecule has 0 radical (unpaired) electrons. The minimum Gasteiger partial charge on any atom is -0.359 e. The largest absolute Gasteiger partial charge is 0.359 e. The molecule has 0 aliphatic carbocycles. The van der Waals surface area contributed by atoms with E-state index in [1.807, 2.05) is 0 Å². The van der Waals surface area contributed by atoms with Crippen LogP contribution in [0.15, 0.2) is 78.9 Å². The third-order valence-electron chi connectivity index (χ3n) is 4.61. The van der Waals surface area contributed by atoms with Crippen molar-refractivity contribution in [1.82, 2.24) is 10.4 Å². The van der Waals surface area contributed by atoms with Crippen LogP contribution in [0.3, 0.4) is 0 Å². The average molecular weight is 388 g/mol. The summed E-state index contributed by atoms with van der Waals surface area (Å²) in [5.74, 6) is -0.963. The lowest BCUT2D eigenvalue weighted by atomic mass is 10.0. The zero-order valence-electron chi connectivity index (χ0n) is 15.1. The summed E-state index contributed by atoms with van der Waals surface area (Å²) in [6.45, 7) is 0. The Bertz CT molecular complexity index is 1100. The number of hydrogen-bond acceptors (Lipinski definition) is 5. The second-order valence-corrected chi connectivity index (χ2v) is 6.39. The normalized spacial score (nSPS) is 15.2. The summed E-state index contributed by atoms with van der Waals surface area (Å²) in [6, 6.07) is 21.3. The quantitative estimate of drug-likeness (QED) is 0.526. The Morgan fingerprint density at radius 3 is 2.38 bits per heavy atom. The van der Waals surface area contributed by atoms with Gasteiger partial charge in [-0.1, -0.05) is 42.5 Å². The number of nitrogens with one attached hydrogen (secondary N) is 2. The molecule has 0 bridgehead atoms. The van der Waals surface area contributed by atoms with Crippen molar-refractivity contribution in [2.75, 3.05) is 5.32 Å². The van der Waals surface area contributed by atoms with Crippen LogP contribution in [0.1, 0.15) is 32.4 Å². The number of hydrazine groups is 1. The van der Waals surface area contributed by atoms with Crippen molar-refractivity contribution < 1.29 is 14.5 Å². The van der Waals surface area contributed by atoms with Crippen LogP contribution in [-0.2, 0) is 0 Å². The van der Waals surface area contributed by atoms with Crippen molar-refractivity contribution in [2.45, 2.75) is 6.17 Å². The standard InChI is InChI=1S/C21H16N4O4/c26-20(14-8-2-1-3-9-14)23-24-19(16-11-5-7-13-18(16)25(28)29)22-17-12-6-4-10-15(17)21(24)27/h1-13,19,22H,(H,23,26)/t19-/m0/s1. The third-order valence-corrected chi connectivity index (χ3v) is 4.61. The van der Waals surface area contributed by atoms with Gasteiger partial charge < -0.3 is 5.32 Å². The highest BCUT2D eigenvalue weighted by molar-refractivity contribution is 6.04. The zero-order valence-corrected chi connectivity index (χ0v) is 15.1. The molecule has 0 fully saturated rings. The monoisotopic (exact) mass is 388 g/mol. The summed E-state index contributed by atoms with van der Waals surface area (Å²) in [6.07, 6.45) is -0.952. The van der Waals surface area contributed by atoms with Gasteiger partial charge in [0, 0.05) is 17.3 Å². The summed E-state index contributed by atoms with van der Waals surface area (Å²) in [4.78, 5) is 36.9. The molecule has 1 aliphatic rings. The van der Waals surface area contributed by atoms with Gasteiger partial charge in [0.15, 0.2) is 6.17 Å². The second kappa shape index (κ2) is 7.43. The smallest absolute Gasteiger partial charge is 0.276 e. The fourth-order valence-electron chi connectivity index (χ4n) is 3.23. The Kier molecular flexibility index (Phi) is 4.66. The molecule has 144 valence electrons. The predicted molar refractivity (Wildman–Crippen MR) is 106 cm³/mol. The van der Waals surface area contributed by atoms with E-state index in [2.05, 4.69) is 10.7 Å². The lowest BCUT2D eigenvalue weighted by Crippen LogP contribution is -2.53. The van der Waals surface area contributed by atoms with Crippen LogP contribution in [0.5, 0.6) is 0 Å². The first kappa shape index (κ1) is 18.2. The van der Waals surface area contributed by atoms with Crippen molar-refractivity contribution in [3.05, 3.63) is 106 Å². The number of hydrogen-bond donors (Lipinski definition) is 2. The molecule has 4 rings (SSSR count). The molecule has 3 aromatic carbocycles. The van der Waals surface area contributed by atoms with Gasteiger partial charge in [-0.25, -0.2) is 5.01 Å². The maximum absolute atomic E-state index is 13.1. The van der Waals surface area contributed by atoms with E-state index in [9.17, 15) is 19.7 Å². The Balaban J connectivity index is 1.78. The van der Waals surface area contributed by atoms with Crippen molar-refractivity contribution in [1.29, 1.82) is 0 Å². The van der Waals surface area contributed by atoms with Crippen LogP contribution in [-0.4, -0.2) is 21.7 Å². The van der Waals surface area contributed by atoms with E-state index in [0.717, 1.165) is 5.01 Å². The molecule has 1 atom stereocenters. The van der Waals surface area contributed by atoms with E-state index in [1.165, 1.54) is 6.07 Å². The molecule has 2 N–H and O–H groups in total. The Labute approximate surface area is 165 Å². The first-order chi connectivity index (χ1) is 14.1. The van der Waals surface area contributed by atoms with Gasteiger partial charge >= 0.3 is 0 Å². The number of nitrogens with zero attached hydrogens (tertiary/aromatic N) is 2. The number of para-hydroxylation sites is 2. The SMILES string of the molecule is O=C(NN1C(=O)c2ccccc2N[C@@H]1c1ccccc1[N+](=O)[O-])c1ccccc1. The van der Waals surface area contributed by atoms with Crippen molar-refractivity contribution in [2.24, 2.45) is 0 Å². The molecule has 2 amide bonds. The number of fused-ring (bicyclic) bond motifs is 1. The average Bonchev–Trinajstić information content (AvgIpc) is 2.76. The van der Waals surface area contributed by atoms with Crippen LogP contribution >= 0.6 is 0 Å². The first-order valence-corrected chi connectivity index (χ1v) is 8.85. The number of amides is 2. The summed E-state index contributed by atoms with van der Waals surface area (Å²) in [5.41, 5.74) is 3.95. The number of carbonyl (C=O) groups excluding carboxylic acids is 2. The van der Waals surface area contributed by atoms with Gasteiger partial charge in [-0.3, -0.25) is 25.1 Å². The third kappa shape index (κ3) is 3.39. The number of benzene rings is 3. The minimum atomic E-state index is -0.952. The van der Waals surface area contributed by atoms with Gasteiger partial charge in [-0.05, 0) is 30.3 Å². The van der Waals surface area contributed by atoms with Crippen molar-refractivity contribution in [3.63, 3.8) is 0 Å². The lowest BCUT2D eigenvalue weighted by Gasteiger charge is -2.37. The van der Waals surface area contributed by atoms with Crippen molar-refractivity contribution >= 4 is 23.2 Å². The van der Waals surface area contributed by atoms with E-state index < -0.39 is 22.9 Å². The molecule has 29 heavy (non-hydrogen) atoms. The maximum Gasteiger partial charge on any atom is 0.276 e. The molecule has 0 unspecified atom stereocenters. The first-order valence-electron chi connectivity index (χ1n) is 8.85. The molecule has 0 spiro atoms. The Hall–Kier alpha value is -4.20. The molecule has 8 heteroatoms. The summed E-state index contributed by atoms with van der Waals surface area (Å²) >= 11 is 0. The molecule has 0 aromatic heterocycles. The van der Waals surface area contributed by atoms with E-state index in [4.69, 9.17) is 0 Å². The van der Waals surface area contributed by atoms with E-state index in [-0.39, 0.29) is 11.3 Å². The fraction of sp³-hybridized carbons (Fsp3) is 0.0476. The van der Waals surface area contributed by atoms with Crippen molar-refractivity contribution in [3.8, 4) is 0 Å². The molecular weight excluding hydrogens is 372 g/mol. The molecule has 0 saturated carbocycles. The fourth-order valence-corrected chi connectivity index (χ4v) is 3.23. The Morgan fingerprint density at radius 1 is 0.966 bits per heavy atom. The predicted octanol–water partition coefficient (Wildman–Crippen LogP) is 3.51. The number of nitro benzene ring substituents is 1. The number of nitro groups is 1. The molecule has 3 aromatic rings. The highest BCUT2D eigenvalue weighted by Gasteiger charge is 2.37. The second-order valence-electron chi connectivity index (χ2n) is 6.39. The summed E-state index contributed by atoms with van der Waals surface area (Å²) in [5, 5.41) is 15.8. The van der Waals surface area contributed by atoms with Crippen LogP contribution in [0.4, 0.5) is 11.4 Å². The van der Waals surface area contributed by atoms with Gasteiger partial charge in [-0.2, -0.15) is 0 Å². The molecular formula is C21H16N4O4. The van der Waals surface area contributed by atoms with Crippen LogP contribution in [0, 0.1) is 10.1 Å². The molecule has 0 saturated heterocycles. The van der Waals surface area contributed by atoms with E-state index in [0.29, 0.717) is 16.8 Å². The summed E-state index contributed by atoms with van der Waals surface area (Å²) < 4.78 is 0. The van der Waals surface area contributed by atoms with Crippen LogP contribution in [0.25, 0.3) is 0 Å². The Morgan fingerprint density at radius 2 is 1.62 bits per heavy atom. The lowest BCUT2D eigenvalue weighted by molar-refractivity contribution is -0.385. The van der Waals surface area contributed by atoms with Crippen LogP contribution < -0.4 is 10.7 Å². The minimum absolute atomic E-state index is 0.156. The molecule has 1 aliphatic heterocycles. The van der Waals surface area contributed by atoms with Gasteiger partial charge in [0.25, 0.3) is 17.5 Å². The topological polar surface area (TPSA) is 105 Å². The van der Waals surface area contributed by atoms with Gasteiger partial charge in [0.1, 0.15) is 0 Å². The number of rotatable bonds is 4. The van der Waals surface area contributed by atoms with E-state index >= 15 is 0 Å². The van der Waals surface area contributed by atoms with Gasteiger partial charge in [-0.15, -0.1) is 0 Å². The zero-order chi connectivity index (χ0) is 20.4.